The van der Waals surface area contributed by atoms with Crippen molar-refractivity contribution in [1.29, 1.82) is 0 Å². The largest absolute Gasteiger partial charge is 0.493 e. The minimum atomic E-state index is -3.91. The van der Waals surface area contributed by atoms with Gasteiger partial charge in [-0.15, -0.1) is 0 Å². The van der Waals surface area contributed by atoms with Gasteiger partial charge in [-0.1, -0.05) is 40.0 Å². The van der Waals surface area contributed by atoms with Crippen LogP contribution < -0.4 is 10.3 Å². The molecular weight excluding hydrogens is 558 g/mol. The maximum absolute atomic E-state index is 13.8. The number of unbranched alkanes of at least 4 members (excludes halogenated alkanes) is 1. The quantitative estimate of drug-likeness (QED) is 0.282. The van der Waals surface area contributed by atoms with Crippen LogP contribution in [0.2, 0.25) is 0 Å². The number of nitrogens with zero attached hydrogens (tertiary/aromatic N) is 4. The molecule has 0 radical (unpaired) electrons. The second-order valence-electron chi connectivity index (χ2n) is 10.7. The number of aliphatic carboxylic acids is 1. The molecule has 1 unspecified atom stereocenters. The minimum Gasteiger partial charge on any atom is -0.493 e. The Labute approximate surface area is 247 Å². The highest BCUT2D eigenvalue weighted by Gasteiger charge is 2.34. The van der Waals surface area contributed by atoms with Crippen LogP contribution in [0.5, 0.6) is 5.75 Å². The lowest BCUT2D eigenvalue weighted by molar-refractivity contribution is -0.144. The summed E-state index contributed by atoms with van der Waals surface area (Å²) in [6, 6.07) is 4.04. The lowest BCUT2D eigenvalue weighted by Crippen LogP contribution is -2.53. The highest BCUT2D eigenvalue weighted by molar-refractivity contribution is 7.89. The second kappa shape index (κ2) is 13.8. The van der Waals surface area contributed by atoms with Crippen molar-refractivity contribution in [3.63, 3.8) is 0 Å². The van der Waals surface area contributed by atoms with E-state index in [1.54, 1.807) is 6.07 Å². The highest BCUT2D eigenvalue weighted by Crippen LogP contribution is 2.33. The first-order valence-electron chi connectivity index (χ1n) is 15.0. The molecule has 0 bridgehead atoms. The molecule has 4 rings (SSSR count). The van der Waals surface area contributed by atoms with Crippen LogP contribution in [0.1, 0.15) is 65.4 Å². The number of carbonyl (C=O) groups is 1. The molecule has 3 heterocycles. The molecule has 0 spiro atoms. The first kappa shape index (κ1) is 31.7. The third kappa shape index (κ3) is 6.55. The lowest BCUT2D eigenvalue weighted by atomic mass is 10.1. The van der Waals surface area contributed by atoms with Crippen molar-refractivity contribution in [3.05, 3.63) is 40.3 Å². The number of carboxylic acids is 1. The van der Waals surface area contributed by atoms with E-state index in [1.807, 2.05) is 36.4 Å². The summed E-state index contributed by atoms with van der Waals surface area (Å²) in [5.74, 6) is -0.177. The molecule has 12 heteroatoms. The number of hydrogen-bond donors (Lipinski definition) is 2. The summed E-state index contributed by atoms with van der Waals surface area (Å²) in [7, 11) is -3.91. The van der Waals surface area contributed by atoms with E-state index in [1.165, 1.54) is 16.4 Å². The maximum Gasteiger partial charge on any atom is 0.320 e. The van der Waals surface area contributed by atoms with Crippen molar-refractivity contribution in [2.24, 2.45) is 0 Å². The van der Waals surface area contributed by atoms with Crippen molar-refractivity contribution in [1.82, 2.24) is 23.7 Å². The number of aryl methyl sites for hydroxylation is 2. The van der Waals surface area contributed by atoms with Crippen LogP contribution in [0.25, 0.3) is 22.4 Å². The van der Waals surface area contributed by atoms with Crippen molar-refractivity contribution >= 4 is 27.0 Å². The van der Waals surface area contributed by atoms with E-state index in [0.717, 1.165) is 37.7 Å². The number of nitrogens with one attached hydrogen (secondary N) is 1. The van der Waals surface area contributed by atoms with Crippen molar-refractivity contribution in [2.45, 2.75) is 83.7 Å². The molecule has 2 aromatic heterocycles. The van der Waals surface area contributed by atoms with Gasteiger partial charge in [-0.25, -0.2) is 13.4 Å². The minimum absolute atomic E-state index is 0.0678. The van der Waals surface area contributed by atoms with Crippen LogP contribution in [0.15, 0.2) is 34.1 Å². The number of rotatable bonds is 14. The number of ether oxygens (including phenoxy) is 1. The Balaban J connectivity index is 1.70. The van der Waals surface area contributed by atoms with Gasteiger partial charge in [0.05, 0.1) is 22.6 Å². The summed E-state index contributed by atoms with van der Waals surface area (Å²) in [6.07, 6.45) is 6.61. The molecule has 1 aliphatic rings. The van der Waals surface area contributed by atoms with Gasteiger partial charge < -0.3 is 19.4 Å². The summed E-state index contributed by atoms with van der Waals surface area (Å²) < 4.78 is 36.8. The number of aromatic nitrogens is 3. The number of aromatic amines is 1. The van der Waals surface area contributed by atoms with Gasteiger partial charge >= 0.3 is 5.97 Å². The number of H-pyrrole nitrogens is 1. The van der Waals surface area contributed by atoms with Gasteiger partial charge in [-0.3, -0.25) is 14.5 Å². The Bertz CT molecular complexity index is 1560. The van der Waals surface area contributed by atoms with E-state index < -0.39 is 22.0 Å². The van der Waals surface area contributed by atoms with E-state index in [-0.39, 0.29) is 29.4 Å². The van der Waals surface area contributed by atoms with Crippen LogP contribution >= 0.6 is 0 Å². The standard InChI is InChI=1S/C30H43N5O6S/c1-5-9-11-24(30(37)38)34-14-16-35(17-15-34)42(39,40)22-12-13-25(41-18-7-3)23(19-22)28-31-26-21(10-6-2)20-33(8-4)27(26)29(36)32-28/h12-13,19-20,24H,5-11,14-18H2,1-4H3,(H,37,38)(H,31,32,36). The predicted octanol–water partition coefficient (Wildman–Crippen LogP) is 4.10. The smallest absolute Gasteiger partial charge is 0.320 e. The molecule has 1 saturated heterocycles. The Kier molecular flexibility index (Phi) is 10.4. The number of carboxylic acid groups (broad SMARTS) is 1. The fourth-order valence-corrected chi connectivity index (χ4v) is 7.01. The second-order valence-corrected chi connectivity index (χ2v) is 12.7. The Morgan fingerprint density at radius 1 is 1.10 bits per heavy atom. The molecule has 0 amide bonds. The van der Waals surface area contributed by atoms with E-state index in [9.17, 15) is 23.1 Å². The molecule has 230 valence electrons. The molecule has 0 aliphatic carbocycles. The molecule has 11 nitrogen and oxygen atoms in total. The van der Waals surface area contributed by atoms with E-state index in [2.05, 4.69) is 11.9 Å². The zero-order valence-corrected chi connectivity index (χ0v) is 25.9. The van der Waals surface area contributed by atoms with Crippen LogP contribution in [0.4, 0.5) is 0 Å². The normalized spacial score (nSPS) is 15.7. The molecule has 1 aliphatic heterocycles. The van der Waals surface area contributed by atoms with Crippen molar-refractivity contribution in [2.75, 3.05) is 32.8 Å². The third-order valence-electron chi connectivity index (χ3n) is 7.79. The molecule has 3 aromatic rings. The summed E-state index contributed by atoms with van der Waals surface area (Å²) >= 11 is 0. The Morgan fingerprint density at radius 3 is 2.45 bits per heavy atom. The van der Waals surface area contributed by atoms with E-state index >= 15 is 0 Å². The monoisotopic (exact) mass is 601 g/mol. The maximum atomic E-state index is 13.8. The topological polar surface area (TPSA) is 138 Å². The van der Waals surface area contributed by atoms with Crippen LogP contribution in [-0.4, -0.2) is 82.1 Å². The van der Waals surface area contributed by atoms with E-state index in [0.29, 0.717) is 55.0 Å². The fraction of sp³-hybridized carbons (Fsp3) is 0.567. The molecule has 0 saturated carbocycles. The number of hydrogen-bond acceptors (Lipinski definition) is 7. The molecule has 1 atom stereocenters. The average molecular weight is 602 g/mol. The Hall–Kier alpha value is -3.22. The van der Waals surface area contributed by atoms with Gasteiger partial charge in [-0.05, 0) is 49.9 Å². The van der Waals surface area contributed by atoms with E-state index in [4.69, 9.17) is 9.72 Å². The number of benzene rings is 1. The van der Waals surface area contributed by atoms with Crippen LogP contribution in [-0.2, 0) is 27.8 Å². The van der Waals surface area contributed by atoms with Crippen molar-refractivity contribution < 1.29 is 23.1 Å². The van der Waals surface area contributed by atoms with Gasteiger partial charge in [0.2, 0.25) is 10.0 Å². The zero-order chi connectivity index (χ0) is 30.4. The van der Waals surface area contributed by atoms with Crippen LogP contribution in [0.3, 0.4) is 0 Å². The van der Waals surface area contributed by atoms with Gasteiger partial charge in [-0.2, -0.15) is 4.31 Å². The number of fused-ring (bicyclic) bond motifs is 1. The molecule has 1 aromatic carbocycles. The SMILES string of the molecule is CCCCC(C(=O)O)N1CCN(S(=O)(=O)c2ccc(OCCC)c(-c3nc4c(CCC)cn(CC)c4c(=O)[nH]3)c2)CC1. The first-order chi connectivity index (χ1) is 20.2. The average Bonchev–Trinajstić information content (AvgIpc) is 3.34. The molecular formula is C30H43N5O6S. The highest BCUT2D eigenvalue weighted by atomic mass is 32.2. The van der Waals surface area contributed by atoms with Gasteiger partial charge in [0.15, 0.2) is 0 Å². The fourth-order valence-electron chi connectivity index (χ4n) is 5.56. The summed E-state index contributed by atoms with van der Waals surface area (Å²) in [5.41, 5.74) is 2.19. The summed E-state index contributed by atoms with van der Waals surface area (Å²) in [4.78, 5) is 34.8. The van der Waals surface area contributed by atoms with Crippen molar-refractivity contribution in [3.8, 4) is 17.1 Å². The Morgan fingerprint density at radius 2 is 1.83 bits per heavy atom. The van der Waals surface area contributed by atoms with Gasteiger partial charge in [0.25, 0.3) is 5.56 Å². The molecule has 42 heavy (non-hydrogen) atoms. The summed E-state index contributed by atoms with van der Waals surface area (Å²) in [6.45, 7) is 10.1. The van der Waals surface area contributed by atoms with Gasteiger partial charge in [0.1, 0.15) is 23.1 Å². The zero-order valence-electron chi connectivity index (χ0n) is 25.1. The van der Waals surface area contributed by atoms with Gasteiger partial charge in [0, 0.05) is 38.9 Å². The van der Waals surface area contributed by atoms with Crippen LogP contribution in [0, 0.1) is 0 Å². The first-order valence-corrected chi connectivity index (χ1v) is 16.5. The molecule has 1 fully saturated rings. The molecule has 2 N–H and O–H groups in total. The number of sulfonamides is 1. The third-order valence-corrected chi connectivity index (χ3v) is 9.69. The number of piperazine rings is 1. The predicted molar refractivity (Wildman–Crippen MR) is 163 cm³/mol. The summed E-state index contributed by atoms with van der Waals surface area (Å²) in [5, 5.41) is 9.71. The lowest BCUT2D eigenvalue weighted by Gasteiger charge is -2.37.